The first-order valence-corrected chi connectivity index (χ1v) is 10.5. The summed E-state index contributed by atoms with van der Waals surface area (Å²) in [6.45, 7) is 4.09. The van der Waals surface area contributed by atoms with Crippen molar-refractivity contribution in [2.75, 3.05) is 44.2 Å². The molecule has 172 valence electrons. The minimum atomic E-state index is -4.38. The molecule has 1 aromatic carbocycles. The molecule has 4 rings (SSSR count). The van der Waals surface area contributed by atoms with Crippen LogP contribution in [0.15, 0.2) is 30.5 Å². The molecule has 1 aromatic heterocycles. The molecular weight excluding hydrogens is 425 g/mol. The summed E-state index contributed by atoms with van der Waals surface area (Å²) in [6, 6.07) is 5.02. The molecule has 0 radical (unpaired) electrons. The first-order valence-electron chi connectivity index (χ1n) is 10.5. The van der Waals surface area contributed by atoms with Crippen LogP contribution in [-0.2, 0) is 12.7 Å². The number of halogens is 3. The van der Waals surface area contributed by atoms with Crippen LogP contribution < -0.4 is 10.6 Å². The summed E-state index contributed by atoms with van der Waals surface area (Å²) in [5.41, 5.74) is 6.07. The van der Waals surface area contributed by atoms with Crippen molar-refractivity contribution in [3.8, 4) is 0 Å². The topological polar surface area (TPSA) is 87.7 Å². The molecular formula is C21H25F3N6O2. The van der Waals surface area contributed by atoms with Crippen LogP contribution in [0.4, 0.5) is 23.7 Å². The van der Waals surface area contributed by atoms with Crippen LogP contribution in [0.2, 0.25) is 0 Å². The zero-order chi connectivity index (χ0) is 22.9. The molecule has 2 saturated heterocycles. The largest absolute Gasteiger partial charge is 0.416 e. The van der Waals surface area contributed by atoms with Crippen LogP contribution in [0, 0.1) is 0 Å². The minimum Gasteiger partial charge on any atom is -0.371 e. The van der Waals surface area contributed by atoms with Crippen LogP contribution >= 0.6 is 0 Å². The Kier molecular flexibility index (Phi) is 6.09. The molecule has 0 aliphatic carbocycles. The number of carbonyl (C=O) groups excluding carboxylic acids is 2. The molecule has 0 atom stereocenters. The molecule has 0 saturated carbocycles. The maximum absolute atomic E-state index is 13.3. The Labute approximate surface area is 183 Å². The van der Waals surface area contributed by atoms with Gasteiger partial charge in [0.15, 0.2) is 5.69 Å². The van der Waals surface area contributed by atoms with E-state index in [1.54, 1.807) is 11.0 Å². The van der Waals surface area contributed by atoms with Crippen molar-refractivity contribution >= 4 is 17.6 Å². The normalized spacial score (nSPS) is 17.7. The average Bonchev–Trinajstić information content (AvgIpc) is 3.46. The van der Waals surface area contributed by atoms with Gasteiger partial charge < -0.3 is 15.5 Å². The van der Waals surface area contributed by atoms with Gasteiger partial charge in [0, 0.05) is 57.7 Å². The molecule has 32 heavy (non-hydrogen) atoms. The quantitative estimate of drug-likeness (QED) is 0.773. The third-order valence-corrected chi connectivity index (χ3v) is 5.93. The van der Waals surface area contributed by atoms with Crippen LogP contribution in [0.5, 0.6) is 0 Å². The van der Waals surface area contributed by atoms with Gasteiger partial charge in [-0.2, -0.15) is 23.0 Å². The fraction of sp³-hybridized carbons (Fsp3) is 0.476. The first-order chi connectivity index (χ1) is 15.2. The summed E-state index contributed by atoms with van der Waals surface area (Å²) in [5.74, 6) is -0.702. The number of nitrogens with two attached hydrogens (primary N) is 1. The number of nitrogens with zero attached hydrogens (tertiary/aromatic N) is 5. The van der Waals surface area contributed by atoms with E-state index in [9.17, 15) is 22.8 Å². The van der Waals surface area contributed by atoms with Crippen LogP contribution in [-0.4, -0.2) is 70.8 Å². The van der Waals surface area contributed by atoms with Crippen LogP contribution in [0.25, 0.3) is 0 Å². The highest BCUT2D eigenvalue weighted by Gasteiger charge is 2.32. The van der Waals surface area contributed by atoms with E-state index in [0.29, 0.717) is 38.4 Å². The smallest absolute Gasteiger partial charge is 0.371 e. The lowest BCUT2D eigenvalue weighted by molar-refractivity contribution is -0.137. The van der Waals surface area contributed by atoms with Gasteiger partial charge in [-0.15, -0.1) is 0 Å². The zero-order valence-electron chi connectivity index (χ0n) is 17.5. The lowest BCUT2D eigenvalue weighted by Gasteiger charge is -2.35. The number of alkyl halides is 3. The lowest BCUT2D eigenvalue weighted by Crippen LogP contribution is -2.49. The van der Waals surface area contributed by atoms with E-state index in [0.717, 1.165) is 42.2 Å². The Morgan fingerprint density at radius 2 is 1.69 bits per heavy atom. The van der Waals surface area contributed by atoms with E-state index in [-0.39, 0.29) is 11.7 Å². The number of hydrogen-bond donors (Lipinski definition) is 1. The molecule has 2 fully saturated rings. The number of anilines is 1. The number of amides is 2. The summed E-state index contributed by atoms with van der Waals surface area (Å²) in [5, 5.41) is 3.90. The van der Waals surface area contributed by atoms with E-state index < -0.39 is 17.6 Å². The number of primary amides is 1. The molecule has 0 bridgehead atoms. The van der Waals surface area contributed by atoms with E-state index >= 15 is 0 Å². The Hall–Kier alpha value is -3.08. The highest BCUT2D eigenvalue weighted by Crippen LogP contribution is 2.35. The van der Waals surface area contributed by atoms with Crippen molar-refractivity contribution < 1.29 is 22.8 Å². The molecule has 0 spiro atoms. The van der Waals surface area contributed by atoms with Gasteiger partial charge in [0.2, 0.25) is 0 Å². The van der Waals surface area contributed by atoms with Crippen LogP contribution in [0.3, 0.4) is 0 Å². The van der Waals surface area contributed by atoms with Gasteiger partial charge in [0.05, 0.1) is 5.56 Å². The second-order valence-electron chi connectivity index (χ2n) is 8.09. The Bertz CT molecular complexity index is 992. The van der Waals surface area contributed by atoms with Crippen molar-refractivity contribution in [3.63, 3.8) is 0 Å². The predicted molar refractivity (Wildman–Crippen MR) is 111 cm³/mol. The number of hydrogen-bond acceptors (Lipinski definition) is 5. The van der Waals surface area contributed by atoms with Gasteiger partial charge in [0.1, 0.15) is 0 Å². The summed E-state index contributed by atoms with van der Waals surface area (Å²) in [4.78, 5) is 29.6. The van der Waals surface area contributed by atoms with Crippen molar-refractivity contribution in [1.29, 1.82) is 0 Å². The summed E-state index contributed by atoms with van der Waals surface area (Å²) >= 11 is 0. The van der Waals surface area contributed by atoms with Crippen molar-refractivity contribution in [2.24, 2.45) is 5.73 Å². The van der Waals surface area contributed by atoms with Gasteiger partial charge in [0.25, 0.3) is 5.91 Å². The number of benzene rings is 1. The minimum absolute atomic E-state index is 0.0220. The molecule has 2 aliphatic rings. The second kappa shape index (κ2) is 8.81. The van der Waals surface area contributed by atoms with E-state index in [1.807, 2.05) is 4.90 Å². The number of aromatic nitrogens is 2. The predicted octanol–water partition coefficient (Wildman–Crippen LogP) is 2.39. The van der Waals surface area contributed by atoms with Crippen molar-refractivity contribution in [3.05, 3.63) is 47.3 Å². The molecule has 3 heterocycles. The number of rotatable bonds is 4. The van der Waals surface area contributed by atoms with Gasteiger partial charge in [-0.05, 0) is 36.6 Å². The van der Waals surface area contributed by atoms with Gasteiger partial charge in [-0.25, -0.2) is 4.79 Å². The highest BCUT2D eigenvalue weighted by molar-refractivity contribution is 5.91. The maximum atomic E-state index is 13.3. The molecule has 0 unspecified atom stereocenters. The maximum Gasteiger partial charge on any atom is 0.416 e. The Morgan fingerprint density at radius 3 is 2.28 bits per heavy atom. The standard InChI is InChI=1S/C21H25F3N6O2/c22-21(23,24)16-4-3-15(18(13-16)28-6-1-2-7-28)14-27-9-11-29(12-10-27)20(32)30-8-5-17(26-30)19(25)31/h3-5,8,13H,1-2,6-7,9-12,14H2,(H2,25,31). The number of carbonyl (C=O) groups is 2. The molecule has 2 N–H and O–H groups in total. The fourth-order valence-corrected chi connectivity index (χ4v) is 4.17. The first kappa shape index (κ1) is 22.1. The van der Waals surface area contributed by atoms with E-state index in [4.69, 9.17) is 5.73 Å². The second-order valence-corrected chi connectivity index (χ2v) is 8.09. The van der Waals surface area contributed by atoms with E-state index in [2.05, 4.69) is 10.00 Å². The van der Waals surface area contributed by atoms with Gasteiger partial charge in [-0.3, -0.25) is 9.69 Å². The summed E-state index contributed by atoms with van der Waals surface area (Å²) < 4.78 is 40.8. The molecule has 2 amide bonds. The SMILES string of the molecule is NC(=O)c1ccn(C(=O)N2CCN(Cc3ccc(C(F)(F)F)cc3N3CCCC3)CC2)n1. The molecule has 8 nitrogen and oxygen atoms in total. The zero-order valence-corrected chi connectivity index (χ0v) is 17.5. The molecule has 2 aliphatic heterocycles. The summed E-state index contributed by atoms with van der Waals surface area (Å²) in [7, 11) is 0. The Morgan fingerprint density at radius 1 is 1.00 bits per heavy atom. The lowest BCUT2D eigenvalue weighted by atomic mass is 10.1. The van der Waals surface area contributed by atoms with E-state index in [1.165, 1.54) is 18.3 Å². The molecule has 2 aromatic rings. The third kappa shape index (κ3) is 4.72. The average molecular weight is 450 g/mol. The van der Waals surface area contributed by atoms with Crippen molar-refractivity contribution in [1.82, 2.24) is 19.6 Å². The van der Waals surface area contributed by atoms with Crippen LogP contribution in [0.1, 0.15) is 34.5 Å². The van der Waals surface area contributed by atoms with Gasteiger partial charge >= 0.3 is 12.2 Å². The third-order valence-electron chi connectivity index (χ3n) is 5.93. The number of piperazine rings is 1. The van der Waals surface area contributed by atoms with Crippen molar-refractivity contribution in [2.45, 2.75) is 25.6 Å². The highest BCUT2D eigenvalue weighted by atomic mass is 19.4. The monoisotopic (exact) mass is 450 g/mol. The Balaban J connectivity index is 1.42. The fourth-order valence-electron chi connectivity index (χ4n) is 4.17. The van der Waals surface area contributed by atoms with Gasteiger partial charge in [-0.1, -0.05) is 6.07 Å². The molecule has 11 heteroatoms. The summed E-state index contributed by atoms with van der Waals surface area (Å²) in [6.07, 6.45) is -1.03.